The van der Waals surface area contributed by atoms with Gasteiger partial charge in [-0.15, -0.1) is 0 Å². The number of pyridine rings is 1. The molecular weight excluding hydrogens is 329 g/mol. The summed E-state index contributed by atoms with van der Waals surface area (Å²) >= 11 is 0. The normalized spacial score (nSPS) is 17.7. The van der Waals surface area contributed by atoms with Gasteiger partial charge in [-0.3, -0.25) is 0 Å². The van der Waals surface area contributed by atoms with Crippen molar-refractivity contribution in [3.63, 3.8) is 0 Å². The molecule has 0 radical (unpaired) electrons. The number of hydrogen-bond acceptors (Lipinski definition) is 4. The second-order valence-corrected chi connectivity index (χ2v) is 6.16. The molecule has 0 amide bonds. The molecule has 7 heteroatoms. The Balaban J connectivity index is 2.10. The van der Waals surface area contributed by atoms with E-state index < -0.39 is 11.9 Å². The molecule has 1 aromatic carbocycles. The van der Waals surface area contributed by atoms with Gasteiger partial charge >= 0.3 is 6.18 Å². The fourth-order valence-electron chi connectivity index (χ4n) is 3.15. The molecule has 0 N–H and O–H groups in total. The summed E-state index contributed by atoms with van der Waals surface area (Å²) in [6.45, 7) is 2.93. The zero-order valence-corrected chi connectivity index (χ0v) is 13.9. The topological polar surface area (TPSA) is 43.2 Å². The van der Waals surface area contributed by atoms with Crippen LogP contribution in [-0.2, 0) is 12.7 Å². The van der Waals surface area contributed by atoms with Crippen molar-refractivity contribution < 1.29 is 13.2 Å². The van der Waals surface area contributed by atoms with E-state index >= 15 is 0 Å². The molecule has 1 unspecified atom stereocenters. The van der Waals surface area contributed by atoms with E-state index in [0.29, 0.717) is 13.1 Å². The molecule has 0 bridgehead atoms. The molecule has 1 atom stereocenters. The predicted molar refractivity (Wildman–Crippen MR) is 89.3 cm³/mol. The Bertz CT molecular complexity index is 826. The maximum absolute atomic E-state index is 13.1. The average molecular weight is 346 g/mol. The van der Waals surface area contributed by atoms with Gasteiger partial charge in [-0.25, -0.2) is 4.98 Å². The molecular formula is C18H17F3N4. The van der Waals surface area contributed by atoms with Crippen LogP contribution in [0.2, 0.25) is 0 Å². The summed E-state index contributed by atoms with van der Waals surface area (Å²) < 4.78 is 39.2. The van der Waals surface area contributed by atoms with Crippen molar-refractivity contribution >= 4 is 11.5 Å². The summed E-state index contributed by atoms with van der Waals surface area (Å²) in [6.07, 6.45) is -4.55. The zero-order chi connectivity index (χ0) is 18.2. The predicted octanol–water partition coefficient (Wildman–Crippen LogP) is 3.82. The van der Waals surface area contributed by atoms with E-state index in [9.17, 15) is 18.4 Å². The lowest BCUT2D eigenvalue weighted by atomic mass is 10.1. The van der Waals surface area contributed by atoms with Gasteiger partial charge in [0.1, 0.15) is 17.6 Å². The third-order valence-electron chi connectivity index (χ3n) is 4.37. The van der Waals surface area contributed by atoms with Crippen LogP contribution in [0, 0.1) is 11.3 Å². The number of hydrogen-bond donors (Lipinski definition) is 0. The van der Waals surface area contributed by atoms with Gasteiger partial charge in [-0.05, 0) is 30.7 Å². The fourth-order valence-corrected chi connectivity index (χ4v) is 3.15. The first-order valence-corrected chi connectivity index (χ1v) is 7.85. The van der Waals surface area contributed by atoms with Crippen molar-refractivity contribution in [2.24, 2.45) is 0 Å². The lowest BCUT2D eigenvalue weighted by molar-refractivity contribution is -0.141. The molecule has 4 nitrogen and oxygen atoms in total. The van der Waals surface area contributed by atoms with Crippen LogP contribution in [0.5, 0.6) is 0 Å². The SMILES string of the molecule is CC1CN(C)c2ccccc2CN1c1nc(C(F)(F)F)ccc1C#N. The Kier molecular flexibility index (Phi) is 4.29. The smallest absolute Gasteiger partial charge is 0.372 e. The van der Waals surface area contributed by atoms with E-state index in [4.69, 9.17) is 0 Å². The Morgan fingerprint density at radius 1 is 1.20 bits per heavy atom. The molecule has 3 rings (SSSR count). The van der Waals surface area contributed by atoms with Crippen LogP contribution in [0.4, 0.5) is 24.7 Å². The van der Waals surface area contributed by atoms with Crippen molar-refractivity contribution in [3.05, 3.63) is 53.2 Å². The first kappa shape index (κ1) is 17.1. The lowest BCUT2D eigenvalue weighted by Gasteiger charge is -2.30. The summed E-state index contributed by atoms with van der Waals surface area (Å²) in [4.78, 5) is 7.63. The highest BCUT2D eigenvalue weighted by Gasteiger charge is 2.34. The van der Waals surface area contributed by atoms with E-state index in [-0.39, 0.29) is 17.4 Å². The van der Waals surface area contributed by atoms with Crippen molar-refractivity contribution in [2.45, 2.75) is 25.7 Å². The van der Waals surface area contributed by atoms with Gasteiger partial charge in [0, 0.05) is 31.9 Å². The van der Waals surface area contributed by atoms with Crippen molar-refractivity contribution in [1.82, 2.24) is 4.98 Å². The third-order valence-corrected chi connectivity index (χ3v) is 4.37. The number of aromatic nitrogens is 1. The highest BCUT2D eigenvalue weighted by atomic mass is 19.4. The van der Waals surface area contributed by atoms with Crippen LogP contribution in [0.1, 0.15) is 23.7 Å². The van der Waals surface area contributed by atoms with E-state index in [1.165, 1.54) is 6.07 Å². The minimum Gasteiger partial charge on any atom is -0.372 e. The van der Waals surface area contributed by atoms with Crippen molar-refractivity contribution in [2.75, 3.05) is 23.4 Å². The average Bonchev–Trinajstić information content (AvgIpc) is 2.70. The number of rotatable bonds is 1. The minimum absolute atomic E-state index is 0.0786. The number of halogens is 3. The minimum atomic E-state index is -4.55. The highest BCUT2D eigenvalue weighted by molar-refractivity contribution is 5.61. The monoisotopic (exact) mass is 346 g/mol. The first-order chi connectivity index (χ1) is 11.8. The molecule has 0 saturated heterocycles. The lowest BCUT2D eigenvalue weighted by Crippen LogP contribution is -2.39. The number of nitrogens with zero attached hydrogens (tertiary/aromatic N) is 4. The van der Waals surface area contributed by atoms with E-state index in [1.807, 2.05) is 44.3 Å². The maximum atomic E-state index is 13.1. The molecule has 1 aliphatic heterocycles. The van der Waals surface area contributed by atoms with Gasteiger partial charge in [0.2, 0.25) is 0 Å². The zero-order valence-electron chi connectivity index (χ0n) is 13.9. The standard InChI is InChI=1S/C18H17F3N4/c1-12-10-24(2)15-6-4-3-5-14(15)11-25(12)17-13(9-22)7-8-16(23-17)18(19,20)21/h3-8,12H,10-11H2,1-2H3. The summed E-state index contributed by atoms with van der Waals surface area (Å²) in [5.74, 6) is 0.0786. The molecule has 2 aromatic rings. The quantitative estimate of drug-likeness (QED) is 0.787. The Morgan fingerprint density at radius 3 is 2.60 bits per heavy atom. The molecule has 0 spiro atoms. The molecule has 1 aliphatic rings. The van der Waals surface area contributed by atoms with Gasteiger partial charge in [0.05, 0.1) is 5.56 Å². The van der Waals surface area contributed by atoms with Crippen molar-refractivity contribution in [1.29, 1.82) is 5.26 Å². The molecule has 130 valence electrons. The fraction of sp³-hybridized carbons (Fsp3) is 0.333. The van der Waals surface area contributed by atoms with Crippen LogP contribution < -0.4 is 9.80 Å². The molecule has 0 fully saturated rings. The summed E-state index contributed by atoms with van der Waals surface area (Å²) in [5, 5.41) is 9.34. The summed E-state index contributed by atoms with van der Waals surface area (Å²) in [7, 11) is 1.95. The third kappa shape index (κ3) is 3.25. The number of nitriles is 1. The number of alkyl halides is 3. The summed E-state index contributed by atoms with van der Waals surface area (Å²) in [5.41, 5.74) is 1.17. The number of benzene rings is 1. The van der Waals surface area contributed by atoms with Crippen LogP contribution in [0.3, 0.4) is 0 Å². The highest BCUT2D eigenvalue weighted by Crippen LogP contribution is 2.34. The van der Waals surface area contributed by atoms with Gasteiger partial charge < -0.3 is 9.80 Å². The second kappa shape index (κ2) is 6.28. The maximum Gasteiger partial charge on any atom is 0.433 e. The van der Waals surface area contributed by atoms with Gasteiger partial charge in [-0.2, -0.15) is 18.4 Å². The molecule has 25 heavy (non-hydrogen) atoms. The molecule has 0 saturated carbocycles. The first-order valence-electron chi connectivity index (χ1n) is 7.85. The van der Waals surface area contributed by atoms with Crippen LogP contribution in [-0.4, -0.2) is 24.6 Å². The van der Waals surface area contributed by atoms with Crippen LogP contribution in [0.15, 0.2) is 36.4 Å². The van der Waals surface area contributed by atoms with E-state index in [1.54, 1.807) is 4.90 Å². The number of likely N-dealkylation sites (N-methyl/N-ethyl adjacent to an activating group) is 1. The largest absolute Gasteiger partial charge is 0.433 e. The van der Waals surface area contributed by atoms with E-state index in [0.717, 1.165) is 17.3 Å². The Morgan fingerprint density at radius 2 is 1.92 bits per heavy atom. The Labute approximate surface area is 144 Å². The van der Waals surface area contributed by atoms with Crippen molar-refractivity contribution in [3.8, 4) is 6.07 Å². The molecule has 2 heterocycles. The Hall–Kier alpha value is -2.75. The van der Waals surface area contributed by atoms with E-state index in [2.05, 4.69) is 9.88 Å². The van der Waals surface area contributed by atoms with Crippen LogP contribution >= 0.6 is 0 Å². The van der Waals surface area contributed by atoms with Gasteiger partial charge in [-0.1, -0.05) is 18.2 Å². The van der Waals surface area contributed by atoms with Crippen LogP contribution in [0.25, 0.3) is 0 Å². The molecule has 0 aliphatic carbocycles. The van der Waals surface area contributed by atoms with Gasteiger partial charge in [0.15, 0.2) is 0 Å². The second-order valence-electron chi connectivity index (χ2n) is 6.16. The van der Waals surface area contributed by atoms with Gasteiger partial charge in [0.25, 0.3) is 0 Å². The number of fused-ring (bicyclic) bond motifs is 1. The summed E-state index contributed by atoms with van der Waals surface area (Å²) in [6, 6.07) is 11.6. The molecule has 1 aromatic heterocycles. The number of anilines is 2. The number of para-hydroxylation sites is 1.